The van der Waals surface area contributed by atoms with E-state index in [9.17, 15) is 13.2 Å². The summed E-state index contributed by atoms with van der Waals surface area (Å²) in [5, 5.41) is 7.00. The molecular weight excluding hydrogens is 255 g/mol. The SMILES string of the molecule is CC.CCC.CCc1ccc(C(F)(F)F)nc1.CO. The average Bonchev–Trinajstić information content (AvgIpc) is 2.43. The molecule has 1 N–H and O–H groups in total. The maximum atomic E-state index is 12.0. The van der Waals surface area contributed by atoms with E-state index in [1.54, 1.807) is 0 Å². The largest absolute Gasteiger partial charge is 0.433 e. The van der Waals surface area contributed by atoms with Gasteiger partial charge in [0.15, 0.2) is 0 Å². The van der Waals surface area contributed by atoms with Crippen LogP contribution in [0, 0.1) is 0 Å². The van der Waals surface area contributed by atoms with Crippen molar-refractivity contribution in [3.63, 3.8) is 0 Å². The Morgan fingerprint density at radius 1 is 1.05 bits per heavy atom. The Morgan fingerprint density at radius 3 is 1.68 bits per heavy atom. The number of hydrogen-bond donors (Lipinski definition) is 1. The van der Waals surface area contributed by atoms with E-state index < -0.39 is 11.9 Å². The second kappa shape index (κ2) is 15.0. The minimum atomic E-state index is -4.33. The Bertz CT molecular complexity index is 271. The van der Waals surface area contributed by atoms with Crippen LogP contribution in [0.15, 0.2) is 18.3 Å². The number of halogens is 3. The number of aliphatic hydroxyl groups is 1. The summed E-state index contributed by atoms with van der Waals surface area (Å²) in [5.41, 5.74) is -0.0253. The second-order valence-electron chi connectivity index (χ2n) is 3.11. The summed E-state index contributed by atoms with van der Waals surface area (Å²) in [6.07, 6.45) is -1.12. The monoisotopic (exact) mass is 281 g/mol. The molecule has 2 nitrogen and oxygen atoms in total. The minimum absolute atomic E-state index is 0.700. The number of aryl methyl sites for hydroxylation is 1. The first-order chi connectivity index (χ1) is 8.95. The lowest BCUT2D eigenvalue weighted by atomic mass is 10.2. The number of pyridine rings is 1. The molecule has 1 rings (SSSR count). The van der Waals surface area contributed by atoms with Gasteiger partial charge in [-0.25, -0.2) is 0 Å². The number of rotatable bonds is 1. The van der Waals surface area contributed by atoms with Gasteiger partial charge in [-0.2, -0.15) is 13.2 Å². The van der Waals surface area contributed by atoms with Crippen molar-refractivity contribution in [3.05, 3.63) is 29.6 Å². The van der Waals surface area contributed by atoms with E-state index in [-0.39, 0.29) is 0 Å². The molecule has 1 heterocycles. The topological polar surface area (TPSA) is 33.1 Å². The Hall–Kier alpha value is -1.10. The molecule has 0 spiro atoms. The highest BCUT2D eigenvalue weighted by Crippen LogP contribution is 2.27. The molecule has 0 bridgehead atoms. The van der Waals surface area contributed by atoms with E-state index in [1.165, 1.54) is 18.7 Å². The van der Waals surface area contributed by atoms with Crippen LogP contribution in [0.3, 0.4) is 0 Å². The van der Waals surface area contributed by atoms with Gasteiger partial charge in [0, 0.05) is 13.3 Å². The molecule has 5 heteroatoms. The van der Waals surface area contributed by atoms with Crippen molar-refractivity contribution in [2.75, 3.05) is 7.11 Å². The molecule has 0 aliphatic rings. The third kappa shape index (κ3) is 13.1. The van der Waals surface area contributed by atoms with E-state index in [1.807, 2.05) is 20.8 Å². The van der Waals surface area contributed by atoms with Crippen LogP contribution < -0.4 is 0 Å². The summed E-state index contributed by atoms with van der Waals surface area (Å²) in [6.45, 7) is 10.1. The average molecular weight is 281 g/mol. The fourth-order valence-corrected chi connectivity index (χ4v) is 0.801. The molecule has 0 aliphatic carbocycles. The van der Waals surface area contributed by atoms with E-state index >= 15 is 0 Å². The van der Waals surface area contributed by atoms with Crippen molar-refractivity contribution in [3.8, 4) is 0 Å². The normalized spacial score (nSPS) is 8.95. The molecule has 0 aromatic carbocycles. The van der Waals surface area contributed by atoms with E-state index in [0.717, 1.165) is 18.7 Å². The van der Waals surface area contributed by atoms with E-state index in [0.29, 0.717) is 6.42 Å². The highest BCUT2D eigenvalue weighted by atomic mass is 19.4. The zero-order chi connectivity index (χ0) is 15.9. The lowest BCUT2D eigenvalue weighted by Crippen LogP contribution is -2.07. The molecule has 19 heavy (non-hydrogen) atoms. The molecule has 0 saturated heterocycles. The Labute approximate surface area is 114 Å². The highest BCUT2D eigenvalue weighted by molar-refractivity contribution is 5.15. The molecule has 0 saturated carbocycles. The molecule has 0 amide bonds. The zero-order valence-corrected chi connectivity index (χ0v) is 12.7. The van der Waals surface area contributed by atoms with E-state index in [4.69, 9.17) is 5.11 Å². The first-order valence-electron chi connectivity index (χ1n) is 6.42. The molecule has 1 aromatic rings. The predicted molar refractivity (Wildman–Crippen MR) is 74.1 cm³/mol. The predicted octanol–water partition coefficient (Wildman–Crippen LogP) is 4.71. The quantitative estimate of drug-likeness (QED) is 0.808. The standard InChI is InChI=1S/C8H8F3N.C3H8.C2H6.CH4O/c1-2-6-3-4-7(12-5-6)8(9,10)11;1-3-2;2*1-2/h3-5H,2H2,1H3;3H2,1-2H3;1-2H3;2H,1H3. The Balaban J connectivity index is -0.000000313. The number of hydrogen-bond acceptors (Lipinski definition) is 2. The molecule has 0 unspecified atom stereocenters. The van der Waals surface area contributed by atoms with Crippen LogP contribution in [0.5, 0.6) is 0 Å². The van der Waals surface area contributed by atoms with Gasteiger partial charge in [0.05, 0.1) is 0 Å². The highest BCUT2D eigenvalue weighted by Gasteiger charge is 2.31. The van der Waals surface area contributed by atoms with Crippen LogP contribution in [0.4, 0.5) is 13.2 Å². The smallest absolute Gasteiger partial charge is 0.400 e. The number of aromatic nitrogens is 1. The molecule has 1 aromatic heterocycles. The third-order valence-electron chi connectivity index (χ3n) is 1.52. The minimum Gasteiger partial charge on any atom is -0.400 e. The van der Waals surface area contributed by atoms with Crippen LogP contribution >= 0.6 is 0 Å². The summed E-state index contributed by atoms with van der Waals surface area (Å²) >= 11 is 0. The van der Waals surface area contributed by atoms with Crippen LogP contribution in [0.1, 0.15) is 52.3 Å². The van der Waals surface area contributed by atoms with Gasteiger partial charge >= 0.3 is 6.18 Å². The van der Waals surface area contributed by atoms with Crippen LogP contribution in [0.2, 0.25) is 0 Å². The Morgan fingerprint density at radius 2 is 1.47 bits per heavy atom. The maximum absolute atomic E-state index is 12.0. The molecule has 0 radical (unpaired) electrons. The fourth-order valence-electron chi connectivity index (χ4n) is 0.801. The summed E-state index contributed by atoms with van der Waals surface area (Å²) in [7, 11) is 1.00. The van der Waals surface area contributed by atoms with E-state index in [2.05, 4.69) is 18.8 Å². The van der Waals surface area contributed by atoms with Gasteiger partial charge in [0.1, 0.15) is 5.69 Å². The summed E-state index contributed by atoms with van der Waals surface area (Å²) < 4.78 is 35.9. The lowest BCUT2D eigenvalue weighted by Gasteiger charge is -2.04. The van der Waals surface area contributed by atoms with Gasteiger partial charge in [0.2, 0.25) is 0 Å². The van der Waals surface area contributed by atoms with Crippen LogP contribution in [0.25, 0.3) is 0 Å². The second-order valence-corrected chi connectivity index (χ2v) is 3.11. The van der Waals surface area contributed by atoms with Gasteiger partial charge in [-0.3, -0.25) is 4.98 Å². The number of aliphatic hydroxyl groups excluding tert-OH is 1. The van der Waals surface area contributed by atoms with Gasteiger partial charge in [-0.15, -0.1) is 0 Å². The van der Waals surface area contributed by atoms with Gasteiger partial charge in [0.25, 0.3) is 0 Å². The molecular formula is C14H26F3NO. The zero-order valence-electron chi connectivity index (χ0n) is 12.7. The van der Waals surface area contributed by atoms with Gasteiger partial charge in [-0.1, -0.05) is 47.1 Å². The molecule has 0 aliphatic heterocycles. The fraction of sp³-hybridized carbons (Fsp3) is 0.643. The first kappa shape index (κ1) is 23.0. The summed E-state index contributed by atoms with van der Waals surface area (Å²) in [5.74, 6) is 0. The first-order valence-corrected chi connectivity index (χ1v) is 6.42. The number of alkyl halides is 3. The van der Waals surface area contributed by atoms with Crippen molar-refractivity contribution in [2.45, 2.75) is 53.6 Å². The van der Waals surface area contributed by atoms with Crippen molar-refractivity contribution in [1.82, 2.24) is 4.98 Å². The summed E-state index contributed by atoms with van der Waals surface area (Å²) in [6, 6.07) is 2.44. The van der Waals surface area contributed by atoms with Gasteiger partial charge in [-0.05, 0) is 18.1 Å². The van der Waals surface area contributed by atoms with Crippen molar-refractivity contribution >= 4 is 0 Å². The third-order valence-corrected chi connectivity index (χ3v) is 1.52. The molecule has 0 fully saturated rings. The van der Waals surface area contributed by atoms with Crippen LogP contribution in [-0.4, -0.2) is 17.2 Å². The number of nitrogens with zero attached hydrogens (tertiary/aromatic N) is 1. The lowest BCUT2D eigenvalue weighted by molar-refractivity contribution is -0.141. The summed E-state index contributed by atoms with van der Waals surface area (Å²) in [4.78, 5) is 3.30. The van der Waals surface area contributed by atoms with Gasteiger partial charge < -0.3 is 5.11 Å². The van der Waals surface area contributed by atoms with Crippen molar-refractivity contribution in [2.24, 2.45) is 0 Å². The maximum Gasteiger partial charge on any atom is 0.433 e. The van der Waals surface area contributed by atoms with Crippen molar-refractivity contribution in [1.29, 1.82) is 0 Å². The Kier molecular flexibility index (Phi) is 18.1. The molecule has 0 atom stereocenters. The van der Waals surface area contributed by atoms with Crippen LogP contribution in [-0.2, 0) is 12.6 Å². The van der Waals surface area contributed by atoms with Crippen molar-refractivity contribution < 1.29 is 18.3 Å². The molecule has 114 valence electrons.